The molecule has 1 atom stereocenters. The van der Waals surface area contributed by atoms with Crippen molar-refractivity contribution in [1.29, 1.82) is 0 Å². The molecule has 2 aromatic carbocycles. The van der Waals surface area contributed by atoms with Crippen molar-refractivity contribution in [2.45, 2.75) is 17.4 Å². The maximum atomic E-state index is 9.96. The summed E-state index contributed by atoms with van der Waals surface area (Å²) in [5.74, 6) is 0. The lowest BCUT2D eigenvalue weighted by Crippen LogP contribution is -1.94. The summed E-state index contributed by atoms with van der Waals surface area (Å²) in [7, 11) is 0. The molecule has 0 spiro atoms. The van der Waals surface area contributed by atoms with E-state index < -0.39 is 6.10 Å². The van der Waals surface area contributed by atoms with Crippen molar-refractivity contribution in [1.82, 2.24) is 0 Å². The van der Waals surface area contributed by atoms with Gasteiger partial charge in [0.25, 0.3) is 0 Å². The lowest BCUT2D eigenvalue weighted by molar-refractivity contribution is 0.181. The van der Waals surface area contributed by atoms with Crippen LogP contribution in [0.5, 0.6) is 0 Å². The largest absolute Gasteiger partial charge is 0.388 e. The number of aliphatic hydroxyl groups excluding tert-OH is 1. The maximum absolute atomic E-state index is 9.96. The first-order chi connectivity index (χ1) is 8.86. The van der Waals surface area contributed by atoms with Crippen molar-refractivity contribution in [3.63, 3.8) is 0 Å². The molecule has 2 rings (SSSR count). The van der Waals surface area contributed by atoms with E-state index in [9.17, 15) is 5.11 Å². The Kier molecular flexibility index (Phi) is 5.06. The smallest absolute Gasteiger partial charge is 0.0824 e. The summed E-state index contributed by atoms with van der Waals surface area (Å²) in [6, 6.07) is 19.9. The summed E-state index contributed by atoms with van der Waals surface area (Å²) in [6.07, 6.45) is 2.23. The fourth-order valence-corrected chi connectivity index (χ4v) is 2.30. The molecular formula is C16H16OS. The van der Waals surface area contributed by atoms with E-state index in [0.717, 1.165) is 5.56 Å². The Labute approximate surface area is 112 Å². The van der Waals surface area contributed by atoms with Gasteiger partial charge in [-0.05, 0) is 29.5 Å². The lowest BCUT2D eigenvalue weighted by Gasteiger charge is -2.07. The molecule has 1 unspecified atom stereocenters. The summed E-state index contributed by atoms with van der Waals surface area (Å²) in [5, 5.41) is 12.0. The molecule has 0 aliphatic heterocycles. The van der Waals surface area contributed by atoms with E-state index >= 15 is 0 Å². The molecule has 0 heterocycles. The minimum Gasteiger partial charge on any atom is -0.388 e. The van der Waals surface area contributed by atoms with Crippen LogP contribution in [0.4, 0.5) is 0 Å². The van der Waals surface area contributed by atoms with Gasteiger partial charge >= 0.3 is 0 Å². The van der Waals surface area contributed by atoms with Gasteiger partial charge in [0, 0.05) is 4.90 Å². The second-order valence-electron chi connectivity index (χ2n) is 3.96. The summed E-state index contributed by atoms with van der Waals surface area (Å²) in [5.41, 5.74) is 0.965. The summed E-state index contributed by atoms with van der Waals surface area (Å²) >= 11 is 1.67. The quantitative estimate of drug-likeness (QED) is 0.799. The van der Waals surface area contributed by atoms with Crippen LogP contribution in [-0.4, -0.2) is 5.11 Å². The zero-order valence-electron chi connectivity index (χ0n) is 10.1. The number of thioether (sulfide) groups is 1. The maximum Gasteiger partial charge on any atom is 0.0824 e. The molecule has 1 nitrogen and oxygen atoms in total. The van der Waals surface area contributed by atoms with Crippen LogP contribution in [0.1, 0.15) is 18.1 Å². The van der Waals surface area contributed by atoms with Crippen molar-refractivity contribution in [3.8, 4) is 0 Å². The molecule has 0 saturated heterocycles. The normalized spacial score (nSPS) is 12.7. The molecule has 0 aliphatic rings. The van der Waals surface area contributed by atoms with Crippen LogP contribution in [0.25, 0.3) is 0 Å². The average molecular weight is 256 g/mol. The molecule has 0 amide bonds. The number of hydrogen-bond acceptors (Lipinski definition) is 2. The first kappa shape index (κ1) is 12.9. The Morgan fingerprint density at radius 3 is 2.22 bits per heavy atom. The monoisotopic (exact) mass is 256 g/mol. The van der Waals surface area contributed by atoms with Crippen LogP contribution in [-0.2, 0) is 0 Å². The number of hydrogen-bond donors (Lipinski definition) is 1. The van der Waals surface area contributed by atoms with Gasteiger partial charge < -0.3 is 5.11 Å². The van der Waals surface area contributed by atoms with Crippen molar-refractivity contribution < 1.29 is 5.11 Å². The highest BCUT2D eigenvalue weighted by atomic mass is 32.2. The van der Waals surface area contributed by atoms with Crippen molar-refractivity contribution in [2.24, 2.45) is 0 Å². The Morgan fingerprint density at radius 1 is 0.944 bits per heavy atom. The highest BCUT2D eigenvalue weighted by molar-refractivity contribution is 8.02. The van der Waals surface area contributed by atoms with Gasteiger partial charge in [0.15, 0.2) is 0 Å². The molecule has 0 aromatic heterocycles. The Hall–Kier alpha value is -1.51. The second kappa shape index (κ2) is 7.04. The van der Waals surface area contributed by atoms with Crippen molar-refractivity contribution in [3.05, 3.63) is 77.7 Å². The van der Waals surface area contributed by atoms with E-state index in [0.29, 0.717) is 6.42 Å². The van der Waals surface area contributed by atoms with Gasteiger partial charge in [-0.25, -0.2) is 0 Å². The molecule has 18 heavy (non-hydrogen) atoms. The van der Waals surface area contributed by atoms with E-state index in [1.54, 1.807) is 11.8 Å². The van der Waals surface area contributed by atoms with Gasteiger partial charge in [-0.3, -0.25) is 0 Å². The van der Waals surface area contributed by atoms with Crippen LogP contribution in [0.15, 0.2) is 77.0 Å². The highest BCUT2D eigenvalue weighted by Gasteiger charge is 2.03. The van der Waals surface area contributed by atoms with Gasteiger partial charge in [-0.15, -0.1) is 0 Å². The number of aliphatic hydroxyl groups is 1. The first-order valence-corrected chi connectivity index (χ1v) is 6.84. The fourth-order valence-electron chi connectivity index (χ4n) is 1.62. The predicted molar refractivity (Wildman–Crippen MR) is 77.5 cm³/mol. The van der Waals surface area contributed by atoms with Gasteiger partial charge in [-0.2, -0.15) is 0 Å². The third-order valence-corrected chi connectivity index (χ3v) is 3.46. The molecule has 1 N–H and O–H groups in total. The van der Waals surface area contributed by atoms with Gasteiger partial charge in [0.1, 0.15) is 0 Å². The molecule has 0 bridgehead atoms. The topological polar surface area (TPSA) is 20.2 Å². The second-order valence-corrected chi connectivity index (χ2v) is 4.94. The third-order valence-electron chi connectivity index (χ3n) is 2.59. The van der Waals surface area contributed by atoms with Crippen LogP contribution >= 0.6 is 11.8 Å². The molecule has 0 saturated carbocycles. The molecular weight excluding hydrogens is 240 g/mol. The van der Waals surface area contributed by atoms with E-state index in [1.807, 2.05) is 60.0 Å². The number of benzene rings is 2. The molecule has 92 valence electrons. The molecule has 2 aromatic rings. The summed E-state index contributed by atoms with van der Waals surface area (Å²) < 4.78 is 0. The van der Waals surface area contributed by atoms with Crippen LogP contribution < -0.4 is 0 Å². The fraction of sp³-hybridized carbons (Fsp3) is 0.125. The highest BCUT2D eigenvalue weighted by Crippen LogP contribution is 2.21. The van der Waals surface area contributed by atoms with E-state index in [-0.39, 0.29) is 0 Å². The van der Waals surface area contributed by atoms with E-state index in [1.165, 1.54) is 4.90 Å². The first-order valence-electron chi connectivity index (χ1n) is 5.96. The van der Waals surface area contributed by atoms with E-state index in [2.05, 4.69) is 12.1 Å². The SMILES string of the molecule is OC(C/C=C/Sc1ccccc1)c1ccccc1. The van der Waals surface area contributed by atoms with Crippen molar-refractivity contribution in [2.75, 3.05) is 0 Å². The molecule has 0 radical (unpaired) electrons. The zero-order chi connectivity index (χ0) is 12.6. The Bertz CT molecular complexity index is 479. The summed E-state index contributed by atoms with van der Waals surface area (Å²) in [4.78, 5) is 1.21. The standard InChI is InChI=1S/C16H16OS/c17-16(14-8-3-1-4-9-14)12-7-13-18-15-10-5-2-6-11-15/h1-11,13,16-17H,12H2/b13-7+. The van der Waals surface area contributed by atoms with Crippen LogP contribution in [0.2, 0.25) is 0 Å². The minimum atomic E-state index is -0.418. The molecule has 0 fully saturated rings. The van der Waals surface area contributed by atoms with Crippen molar-refractivity contribution >= 4 is 11.8 Å². The van der Waals surface area contributed by atoms with Gasteiger partial charge in [0.05, 0.1) is 6.10 Å². The Morgan fingerprint density at radius 2 is 1.56 bits per heavy atom. The zero-order valence-corrected chi connectivity index (χ0v) is 10.9. The number of rotatable bonds is 5. The van der Waals surface area contributed by atoms with Crippen LogP contribution in [0.3, 0.4) is 0 Å². The third kappa shape index (κ3) is 4.06. The van der Waals surface area contributed by atoms with Gasteiger partial charge in [-0.1, -0.05) is 66.4 Å². The summed E-state index contributed by atoms with van der Waals surface area (Å²) in [6.45, 7) is 0. The van der Waals surface area contributed by atoms with Gasteiger partial charge in [0.2, 0.25) is 0 Å². The van der Waals surface area contributed by atoms with Crippen LogP contribution in [0, 0.1) is 0 Å². The molecule has 2 heteroatoms. The Balaban J connectivity index is 1.81. The molecule has 0 aliphatic carbocycles. The average Bonchev–Trinajstić information content (AvgIpc) is 2.45. The predicted octanol–water partition coefficient (Wildman–Crippen LogP) is 4.42. The minimum absolute atomic E-state index is 0.418. The lowest BCUT2D eigenvalue weighted by atomic mass is 10.1. The van der Waals surface area contributed by atoms with E-state index in [4.69, 9.17) is 0 Å².